The highest BCUT2D eigenvalue weighted by Crippen LogP contribution is 2.40. The van der Waals surface area contributed by atoms with E-state index in [-0.39, 0.29) is 28.2 Å². The van der Waals surface area contributed by atoms with E-state index < -0.39 is 11.5 Å². The standard InChI is InChI=1S/C28H22N4O5/c1-16-29-22-13-19(28(35)36)11-12-20(22)27(34)32(16)30-15-23(17-7-4-3-5-8-17)31-24(37-2)14-18-9-6-10-21(25(18)31)26(30)33/h3-5,7-8,10-15H,6,9H2,1-2H3,(H,35,36). The molecule has 184 valence electrons. The average Bonchev–Trinajstić information content (AvgIpc) is 3.23. The molecule has 2 aromatic carbocycles. The van der Waals surface area contributed by atoms with E-state index in [1.807, 2.05) is 47.0 Å². The van der Waals surface area contributed by atoms with E-state index >= 15 is 0 Å². The van der Waals surface area contributed by atoms with Gasteiger partial charge in [0.05, 0.1) is 46.7 Å². The first-order chi connectivity index (χ1) is 17.9. The molecule has 0 unspecified atom stereocenters. The largest absolute Gasteiger partial charge is 0.482 e. The van der Waals surface area contributed by atoms with Crippen molar-refractivity contribution in [3.63, 3.8) is 0 Å². The molecule has 9 nitrogen and oxygen atoms in total. The lowest BCUT2D eigenvalue weighted by Gasteiger charge is -2.23. The third-order valence-electron chi connectivity index (χ3n) is 6.74. The van der Waals surface area contributed by atoms with Crippen molar-refractivity contribution in [3.05, 3.63) is 105 Å². The zero-order valence-electron chi connectivity index (χ0n) is 20.1. The van der Waals surface area contributed by atoms with Crippen LogP contribution in [0.25, 0.3) is 22.2 Å². The maximum atomic E-state index is 14.1. The van der Waals surface area contributed by atoms with Crippen LogP contribution in [0.2, 0.25) is 0 Å². The number of rotatable bonds is 4. The molecule has 0 saturated heterocycles. The monoisotopic (exact) mass is 494 g/mol. The summed E-state index contributed by atoms with van der Waals surface area (Å²) in [5.41, 5.74) is 3.50. The molecule has 37 heavy (non-hydrogen) atoms. The second-order valence-corrected chi connectivity index (χ2v) is 8.90. The molecule has 3 heterocycles. The fraction of sp³-hybridized carbons (Fsp3) is 0.143. The van der Waals surface area contributed by atoms with Gasteiger partial charge in [0.2, 0.25) is 0 Å². The quantitative estimate of drug-likeness (QED) is 0.465. The number of hydrogen-bond donors (Lipinski definition) is 1. The van der Waals surface area contributed by atoms with Gasteiger partial charge in [-0.05, 0) is 43.5 Å². The number of fused-ring (bicyclic) bond motifs is 1. The number of ether oxygens (including phenoxy) is 1. The Bertz CT molecular complexity index is 1740. The average molecular weight is 495 g/mol. The minimum absolute atomic E-state index is 0.0278. The number of amides is 1. The Labute approximate surface area is 211 Å². The smallest absolute Gasteiger partial charge is 0.335 e. The highest BCUT2D eigenvalue weighted by atomic mass is 16.5. The van der Waals surface area contributed by atoms with Crippen molar-refractivity contribution in [3.8, 4) is 5.88 Å². The topological polar surface area (TPSA) is 107 Å². The Morgan fingerprint density at radius 2 is 1.86 bits per heavy atom. The molecule has 2 aromatic heterocycles. The summed E-state index contributed by atoms with van der Waals surface area (Å²) in [4.78, 5) is 43.7. The first kappa shape index (κ1) is 22.5. The Hall–Kier alpha value is -4.92. The molecule has 0 spiro atoms. The highest BCUT2D eigenvalue weighted by molar-refractivity contribution is 6.26. The molecule has 4 aromatic rings. The number of carbonyl (C=O) groups is 2. The lowest BCUT2D eigenvalue weighted by Crippen LogP contribution is -2.44. The second kappa shape index (κ2) is 8.34. The van der Waals surface area contributed by atoms with Gasteiger partial charge in [0.25, 0.3) is 11.5 Å². The number of allylic oxidation sites excluding steroid dienone is 1. The van der Waals surface area contributed by atoms with Gasteiger partial charge in [-0.2, -0.15) is 4.68 Å². The van der Waals surface area contributed by atoms with E-state index in [0.29, 0.717) is 23.6 Å². The van der Waals surface area contributed by atoms with Gasteiger partial charge >= 0.3 is 5.97 Å². The van der Waals surface area contributed by atoms with Crippen molar-refractivity contribution in [1.29, 1.82) is 0 Å². The number of methoxy groups -OCH3 is 1. The Morgan fingerprint density at radius 3 is 2.59 bits per heavy atom. The van der Waals surface area contributed by atoms with Crippen LogP contribution in [0.1, 0.15) is 39.4 Å². The minimum atomic E-state index is -1.11. The van der Waals surface area contributed by atoms with Crippen LogP contribution < -0.4 is 15.3 Å². The van der Waals surface area contributed by atoms with Crippen molar-refractivity contribution < 1.29 is 19.4 Å². The lowest BCUT2D eigenvalue weighted by atomic mass is 9.96. The van der Waals surface area contributed by atoms with Crippen molar-refractivity contribution in [2.45, 2.75) is 19.8 Å². The summed E-state index contributed by atoms with van der Waals surface area (Å²) in [6.07, 6.45) is 4.97. The summed E-state index contributed by atoms with van der Waals surface area (Å²) >= 11 is 0. The van der Waals surface area contributed by atoms with Crippen LogP contribution >= 0.6 is 0 Å². The van der Waals surface area contributed by atoms with Crippen LogP contribution in [0, 0.1) is 6.92 Å². The van der Waals surface area contributed by atoms with Crippen molar-refractivity contribution in [2.24, 2.45) is 0 Å². The normalized spacial score (nSPS) is 14.6. The number of aromatic carboxylic acids is 1. The predicted octanol–water partition coefficient (Wildman–Crippen LogP) is 3.57. The number of carboxylic acid groups (broad SMARTS) is 1. The van der Waals surface area contributed by atoms with Crippen molar-refractivity contribution in [1.82, 2.24) is 14.2 Å². The molecule has 1 aliphatic carbocycles. The molecule has 9 heteroatoms. The molecule has 0 saturated carbocycles. The van der Waals surface area contributed by atoms with Gasteiger partial charge < -0.3 is 9.84 Å². The number of aryl methyl sites for hydroxylation is 2. The summed E-state index contributed by atoms with van der Waals surface area (Å²) in [5.74, 6) is -0.654. The molecular formula is C28H22N4O5. The lowest BCUT2D eigenvalue weighted by molar-refractivity contribution is -0.114. The molecule has 0 fully saturated rings. The zero-order valence-corrected chi connectivity index (χ0v) is 20.1. The Balaban J connectivity index is 1.65. The number of nitrogens with zero attached hydrogens (tertiary/aromatic N) is 4. The summed E-state index contributed by atoms with van der Waals surface area (Å²) in [6.45, 7) is 1.62. The van der Waals surface area contributed by atoms with Gasteiger partial charge in [0.15, 0.2) is 5.88 Å². The number of carbonyl (C=O) groups excluding carboxylic acids is 1. The van der Waals surface area contributed by atoms with Gasteiger partial charge in [-0.15, -0.1) is 0 Å². The van der Waals surface area contributed by atoms with Crippen LogP contribution in [-0.2, 0) is 11.2 Å². The molecule has 1 aliphatic heterocycles. The second-order valence-electron chi connectivity index (χ2n) is 8.90. The summed E-state index contributed by atoms with van der Waals surface area (Å²) < 4.78 is 8.88. The van der Waals surface area contributed by atoms with Crippen LogP contribution in [-0.4, -0.2) is 38.3 Å². The zero-order chi connectivity index (χ0) is 25.8. The Morgan fingerprint density at radius 1 is 1.08 bits per heavy atom. The highest BCUT2D eigenvalue weighted by Gasteiger charge is 2.35. The number of hydrogen-bond acceptors (Lipinski definition) is 5. The van der Waals surface area contributed by atoms with E-state index in [2.05, 4.69) is 4.98 Å². The van der Waals surface area contributed by atoms with Gasteiger partial charge in [0, 0.05) is 11.6 Å². The minimum Gasteiger partial charge on any atom is -0.482 e. The van der Waals surface area contributed by atoms with E-state index in [0.717, 1.165) is 23.2 Å². The third kappa shape index (κ3) is 3.39. The van der Waals surface area contributed by atoms with Gasteiger partial charge in [-0.3, -0.25) is 14.2 Å². The fourth-order valence-corrected chi connectivity index (χ4v) is 5.06. The molecule has 0 atom stereocenters. The van der Waals surface area contributed by atoms with Gasteiger partial charge in [-0.25, -0.2) is 14.8 Å². The van der Waals surface area contributed by atoms with Crippen LogP contribution in [0.3, 0.4) is 0 Å². The number of carboxylic acids is 1. The summed E-state index contributed by atoms with van der Waals surface area (Å²) in [5, 5.41) is 10.8. The van der Waals surface area contributed by atoms with E-state index in [1.54, 1.807) is 20.2 Å². The molecule has 6 rings (SSSR count). The van der Waals surface area contributed by atoms with Crippen molar-refractivity contribution >= 4 is 34.0 Å². The number of benzene rings is 2. The molecule has 2 aliphatic rings. The van der Waals surface area contributed by atoms with E-state index in [4.69, 9.17) is 4.74 Å². The van der Waals surface area contributed by atoms with Crippen LogP contribution in [0.4, 0.5) is 0 Å². The fourth-order valence-electron chi connectivity index (χ4n) is 5.06. The summed E-state index contributed by atoms with van der Waals surface area (Å²) in [6, 6.07) is 15.7. The molecule has 1 N–H and O–H groups in total. The SMILES string of the molecule is COc1cc2c3n1C(c1ccccc1)=CN(n1c(C)nc4cc(C(=O)O)ccc4c1=O)C(=O)C3=CCC2. The molecule has 0 radical (unpaired) electrons. The van der Waals surface area contributed by atoms with Gasteiger partial charge in [-0.1, -0.05) is 36.4 Å². The van der Waals surface area contributed by atoms with Crippen LogP contribution in [0.5, 0.6) is 5.88 Å². The first-order valence-electron chi connectivity index (χ1n) is 11.8. The Kier molecular flexibility index (Phi) is 5.08. The van der Waals surface area contributed by atoms with E-state index in [1.165, 1.54) is 27.9 Å². The third-order valence-corrected chi connectivity index (χ3v) is 6.74. The first-order valence-corrected chi connectivity index (χ1v) is 11.8. The van der Waals surface area contributed by atoms with Crippen molar-refractivity contribution in [2.75, 3.05) is 12.1 Å². The summed E-state index contributed by atoms with van der Waals surface area (Å²) in [7, 11) is 1.59. The maximum Gasteiger partial charge on any atom is 0.335 e. The molecular weight excluding hydrogens is 472 g/mol. The maximum absolute atomic E-state index is 14.1. The van der Waals surface area contributed by atoms with E-state index in [9.17, 15) is 19.5 Å². The van der Waals surface area contributed by atoms with Crippen LogP contribution in [0.15, 0.2) is 71.7 Å². The molecule has 0 bridgehead atoms. The predicted molar refractivity (Wildman–Crippen MR) is 138 cm³/mol. The molecule has 1 amide bonds. The number of aromatic nitrogens is 3. The van der Waals surface area contributed by atoms with Gasteiger partial charge in [0.1, 0.15) is 5.82 Å².